The van der Waals surface area contributed by atoms with Gasteiger partial charge < -0.3 is 19.4 Å². The summed E-state index contributed by atoms with van der Waals surface area (Å²) in [7, 11) is 2.35. The molecular formula is C8H20N2O5S-2. The number of carbonyl (C=O) groups is 1. The summed E-state index contributed by atoms with van der Waals surface area (Å²) in [5.41, 5.74) is 0. The molecule has 0 rings (SSSR count). The van der Waals surface area contributed by atoms with Gasteiger partial charge in [0.1, 0.15) is 10.1 Å². The van der Waals surface area contributed by atoms with Crippen LogP contribution in [0.4, 0.5) is 0 Å². The number of carbonyl (C=O) groups excluding carboxylic acids is 1. The lowest BCUT2D eigenvalue weighted by molar-refractivity contribution is -0.305. The number of hydrogen-bond donors (Lipinski definition) is 0. The molecule has 0 unspecified atom stereocenters. The van der Waals surface area contributed by atoms with Crippen molar-refractivity contribution in [2.45, 2.75) is 7.43 Å². The van der Waals surface area contributed by atoms with Crippen LogP contribution in [0.3, 0.4) is 0 Å². The lowest BCUT2D eigenvalue weighted by atomic mass is 10.6. The first-order chi connectivity index (χ1) is 6.54. The number of likely N-dealkylation sites (N-methyl/N-ethyl adjacent to an activating group) is 1. The molecule has 0 N–H and O–H groups in total. The molecule has 0 aliphatic rings. The van der Waals surface area contributed by atoms with Crippen LogP contribution in [0.25, 0.3) is 0 Å². The van der Waals surface area contributed by atoms with Gasteiger partial charge >= 0.3 is 0 Å². The maximum Gasteiger partial charge on any atom is 0.108 e. The highest BCUT2D eigenvalue weighted by atomic mass is 32.2. The Labute approximate surface area is 97.4 Å². The first kappa shape index (κ1) is 20.7. The van der Waals surface area contributed by atoms with Crippen molar-refractivity contribution in [3.63, 3.8) is 0 Å². The number of aliphatic carboxylic acids is 1. The Balaban J connectivity index is -0.000000200. The van der Waals surface area contributed by atoms with E-state index in [1.165, 1.54) is 23.9 Å². The standard InChI is InChI=1S/C4H9NO2.C3H9NO3S.CH4/c1-5(2)3-4(6)7;1-4(2)3-8(5,6)7;/h3H2,1-2H3,(H,6,7);3H2,1-2H3,(H,5,6,7);1H4/p-2. The van der Waals surface area contributed by atoms with Crippen LogP contribution in [-0.4, -0.2) is 69.4 Å². The molecular weight excluding hydrogens is 236 g/mol. The van der Waals surface area contributed by atoms with Gasteiger partial charge in [-0.1, -0.05) is 7.43 Å². The highest BCUT2D eigenvalue weighted by molar-refractivity contribution is 7.85. The Bertz CT molecular complexity index is 274. The Hall–Kier alpha value is -0.700. The average Bonchev–Trinajstić information content (AvgIpc) is 1.76. The topological polar surface area (TPSA) is 104 Å². The highest BCUT2D eigenvalue weighted by Crippen LogP contribution is 1.81. The van der Waals surface area contributed by atoms with E-state index in [9.17, 15) is 22.9 Å². The lowest BCUT2D eigenvalue weighted by Gasteiger charge is -2.11. The van der Waals surface area contributed by atoms with E-state index in [1.54, 1.807) is 14.1 Å². The minimum Gasteiger partial charge on any atom is -0.747 e. The van der Waals surface area contributed by atoms with Gasteiger partial charge in [-0.25, -0.2) is 8.42 Å². The molecule has 8 heteroatoms. The predicted molar refractivity (Wildman–Crippen MR) is 58.5 cm³/mol. The van der Waals surface area contributed by atoms with Crippen LogP contribution < -0.4 is 5.11 Å². The molecule has 0 aromatic rings. The Morgan fingerprint density at radius 3 is 1.50 bits per heavy atom. The molecule has 0 aromatic heterocycles. The quantitative estimate of drug-likeness (QED) is 0.535. The van der Waals surface area contributed by atoms with Crippen LogP contribution in [0.2, 0.25) is 0 Å². The van der Waals surface area contributed by atoms with Gasteiger partial charge in [-0.3, -0.25) is 4.90 Å². The van der Waals surface area contributed by atoms with Crippen LogP contribution in [0.1, 0.15) is 7.43 Å². The van der Waals surface area contributed by atoms with Gasteiger partial charge in [0.25, 0.3) is 0 Å². The molecule has 0 aliphatic carbocycles. The number of hydrogen-bond acceptors (Lipinski definition) is 7. The molecule has 0 amide bonds. The van der Waals surface area contributed by atoms with Crippen molar-refractivity contribution in [2.75, 3.05) is 40.6 Å². The summed E-state index contributed by atoms with van der Waals surface area (Å²) in [5.74, 6) is -1.46. The van der Waals surface area contributed by atoms with Crippen molar-refractivity contribution >= 4 is 16.1 Å². The Morgan fingerprint density at radius 1 is 1.12 bits per heavy atom. The van der Waals surface area contributed by atoms with Crippen molar-refractivity contribution in [1.29, 1.82) is 0 Å². The second-order valence-electron chi connectivity index (χ2n) is 3.38. The molecule has 7 nitrogen and oxygen atoms in total. The first-order valence-electron chi connectivity index (χ1n) is 3.97. The normalized spacial score (nSPS) is 10.4. The molecule has 0 heterocycles. The first-order valence-corrected chi connectivity index (χ1v) is 5.55. The third-order valence-corrected chi connectivity index (χ3v) is 1.69. The fourth-order valence-electron chi connectivity index (χ4n) is 0.574. The minimum atomic E-state index is -4.05. The summed E-state index contributed by atoms with van der Waals surface area (Å²) in [5, 5.41) is 9.66. The number of carboxylic acids is 1. The van der Waals surface area contributed by atoms with Gasteiger partial charge in [-0.2, -0.15) is 0 Å². The van der Waals surface area contributed by atoms with Crippen molar-refractivity contribution in [3.05, 3.63) is 0 Å². The molecule has 0 aliphatic heterocycles. The fourth-order valence-corrected chi connectivity index (χ4v) is 1.21. The summed E-state index contributed by atoms with van der Waals surface area (Å²) in [4.78, 5) is 12.5. The molecule has 0 atom stereocenters. The third-order valence-electron chi connectivity index (χ3n) is 0.862. The minimum absolute atomic E-state index is 0. The summed E-state index contributed by atoms with van der Waals surface area (Å²) >= 11 is 0. The highest BCUT2D eigenvalue weighted by Gasteiger charge is 1.94. The lowest BCUT2D eigenvalue weighted by Crippen LogP contribution is -2.33. The van der Waals surface area contributed by atoms with Gasteiger partial charge in [0.05, 0.1) is 11.8 Å². The van der Waals surface area contributed by atoms with E-state index in [4.69, 9.17) is 0 Å². The monoisotopic (exact) mass is 256 g/mol. The second kappa shape index (κ2) is 9.52. The van der Waals surface area contributed by atoms with E-state index >= 15 is 0 Å². The summed E-state index contributed by atoms with van der Waals surface area (Å²) in [6.07, 6.45) is 0. The zero-order valence-electron chi connectivity index (χ0n) is 9.26. The second-order valence-corrected chi connectivity index (χ2v) is 4.75. The van der Waals surface area contributed by atoms with Gasteiger partial charge in [-0.05, 0) is 28.2 Å². The number of rotatable bonds is 4. The fraction of sp³-hybridized carbons (Fsp3) is 0.875. The molecule has 0 bridgehead atoms. The van der Waals surface area contributed by atoms with Crippen LogP contribution in [0.15, 0.2) is 0 Å². The van der Waals surface area contributed by atoms with E-state index in [0.717, 1.165) is 0 Å². The van der Waals surface area contributed by atoms with Crippen LogP contribution in [-0.2, 0) is 14.9 Å². The summed E-state index contributed by atoms with van der Waals surface area (Å²) < 4.78 is 29.5. The van der Waals surface area contributed by atoms with E-state index in [-0.39, 0.29) is 14.0 Å². The average molecular weight is 256 g/mol. The summed E-state index contributed by atoms with van der Waals surface area (Å²) in [6, 6.07) is 0. The van der Waals surface area contributed by atoms with E-state index in [1.807, 2.05) is 0 Å². The van der Waals surface area contributed by atoms with Crippen LogP contribution >= 0.6 is 0 Å². The molecule has 0 radical (unpaired) electrons. The van der Waals surface area contributed by atoms with Gasteiger partial charge in [0, 0.05) is 6.54 Å². The van der Waals surface area contributed by atoms with Crippen molar-refractivity contribution < 1.29 is 22.9 Å². The molecule has 0 fully saturated rings. The predicted octanol–water partition coefficient (Wildman–Crippen LogP) is -2.02. The van der Waals surface area contributed by atoms with Crippen molar-refractivity contribution in [2.24, 2.45) is 0 Å². The number of nitrogens with zero attached hydrogens (tertiary/aromatic N) is 2. The Morgan fingerprint density at radius 2 is 1.50 bits per heavy atom. The maximum absolute atomic E-state index is 9.84. The zero-order valence-corrected chi connectivity index (χ0v) is 10.1. The largest absolute Gasteiger partial charge is 0.747 e. The van der Waals surface area contributed by atoms with Crippen LogP contribution in [0, 0.1) is 0 Å². The van der Waals surface area contributed by atoms with Crippen molar-refractivity contribution in [1.82, 2.24) is 9.80 Å². The Kier molecular flexibility index (Phi) is 12.3. The smallest absolute Gasteiger partial charge is 0.108 e. The molecule has 100 valence electrons. The maximum atomic E-state index is 9.84. The molecule has 0 saturated heterocycles. The molecule has 0 saturated carbocycles. The number of carboxylic acid groups (broad SMARTS) is 1. The van der Waals surface area contributed by atoms with E-state index < -0.39 is 22.0 Å². The van der Waals surface area contributed by atoms with Gasteiger partial charge in [0.2, 0.25) is 0 Å². The van der Waals surface area contributed by atoms with Crippen molar-refractivity contribution in [3.8, 4) is 0 Å². The SMILES string of the molecule is C.CN(C)CC(=O)[O-].CN(C)CS(=O)(=O)[O-]. The van der Waals surface area contributed by atoms with Crippen LogP contribution in [0.5, 0.6) is 0 Å². The third kappa shape index (κ3) is 29.2. The van der Waals surface area contributed by atoms with Gasteiger partial charge in [0.15, 0.2) is 0 Å². The summed E-state index contributed by atoms with van der Waals surface area (Å²) in [6.45, 7) is 0. The molecule has 0 aromatic carbocycles. The van der Waals surface area contributed by atoms with E-state index in [2.05, 4.69) is 0 Å². The molecule has 0 spiro atoms. The van der Waals surface area contributed by atoms with E-state index in [0.29, 0.717) is 0 Å². The van der Waals surface area contributed by atoms with Gasteiger partial charge in [-0.15, -0.1) is 0 Å². The zero-order chi connectivity index (χ0) is 12.6. The molecule has 16 heavy (non-hydrogen) atoms.